The summed E-state index contributed by atoms with van der Waals surface area (Å²) in [6.07, 6.45) is 1.41. The lowest BCUT2D eigenvalue weighted by molar-refractivity contribution is -0.140. The molecule has 2 atom stereocenters. The number of likely N-dealkylation sites (tertiary alicyclic amines) is 1. The second-order valence-corrected chi connectivity index (χ2v) is 4.78. The van der Waals surface area contributed by atoms with E-state index in [0.717, 1.165) is 25.9 Å². The Labute approximate surface area is 111 Å². The zero-order chi connectivity index (χ0) is 14.4. The molecule has 1 unspecified atom stereocenters. The van der Waals surface area contributed by atoms with Gasteiger partial charge in [-0.3, -0.25) is 4.79 Å². The molecule has 5 N–H and O–H groups in total. The van der Waals surface area contributed by atoms with Crippen molar-refractivity contribution in [1.29, 1.82) is 0 Å². The Balaban J connectivity index is 2.43. The summed E-state index contributed by atoms with van der Waals surface area (Å²) >= 11 is 0. The highest BCUT2D eigenvalue weighted by atomic mass is 16.4. The van der Waals surface area contributed by atoms with Crippen LogP contribution in [0, 0.1) is 0 Å². The van der Waals surface area contributed by atoms with E-state index in [-0.39, 0.29) is 6.04 Å². The first-order valence-corrected chi connectivity index (χ1v) is 6.15. The molecule has 1 fully saturated rings. The monoisotopic (exact) mass is 272 g/mol. The number of nitrogens with one attached hydrogen (secondary N) is 2. The predicted molar refractivity (Wildman–Crippen MR) is 67.4 cm³/mol. The number of hydrogen-bond donors (Lipinski definition) is 4. The van der Waals surface area contributed by atoms with E-state index in [0.29, 0.717) is 0 Å². The Bertz CT molecular complexity index is 361. The number of carbonyl (C=O) groups excluding carboxylic acids is 2. The van der Waals surface area contributed by atoms with E-state index in [2.05, 4.69) is 15.5 Å². The Hall–Kier alpha value is -1.83. The average molecular weight is 272 g/mol. The SMILES string of the molecule is CN1CCCC(NC(=O)N[C@H](CC(N)=O)C(=O)O)C1. The van der Waals surface area contributed by atoms with Crippen LogP contribution in [0.3, 0.4) is 0 Å². The van der Waals surface area contributed by atoms with E-state index in [1.165, 1.54) is 0 Å². The fourth-order valence-corrected chi connectivity index (χ4v) is 2.07. The molecule has 19 heavy (non-hydrogen) atoms. The fourth-order valence-electron chi connectivity index (χ4n) is 2.07. The van der Waals surface area contributed by atoms with Gasteiger partial charge in [-0.2, -0.15) is 0 Å². The molecule has 1 heterocycles. The van der Waals surface area contributed by atoms with E-state index >= 15 is 0 Å². The maximum atomic E-state index is 11.7. The van der Waals surface area contributed by atoms with Crippen molar-refractivity contribution in [2.45, 2.75) is 31.3 Å². The van der Waals surface area contributed by atoms with E-state index in [1.807, 2.05) is 7.05 Å². The van der Waals surface area contributed by atoms with Gasteiger partial charge >= 0.3 is 12.0 Å². The number of piperidine rings is 1. The fraction of sp³-hybridized carbons (Fsp3) is 0.727. The summed E-state index contributed by atoms with van der Waals surface area (Å²) in [4.78, 5) is 35.3. The summed E-state index contributed by atoms with van der Waals surface area (Å²) < 4.78 is 0. The second kappa shape index (κ2) is 6.93. The zero-order valence-corrected chi connectivity index (χ0v) is 10.9. The lowest BCUT2D eigenvalue weighted by Gasteiger charge is -2.30. The highest BCUT2D eigenvalue weighted by Crippen LogP contribution is 2.07. The summed E-state index contributed by atoms with van der Waals surface area (Å²) in [5, 5.41) is 13.8. The summed E-state index contributed by atoms with van der Waals surface area (Å²) in [6, 6.07) is -1.89. The Kier molecular flexibility index (Phi) is 5.56. The maximum absolute atomic E-state index is 11.7. The van der Waals surface area contributed by atoms with Crippen LogP contribution >= 0.6 is 0 Å². The molecule has 8 heteroatoms. The molecule has 0 spiro atoms. The van der Waals surface area contributed by atoms with E-state index in [4.69, 9.17) is 10.8 Å². The summed E-state index contributed by atoms with van der Waals surface area (Å²) in [6.45, 7) is 1.71. The van der Waals surface area contributed by atoms with Crippen molar-refractivity contribution >= 4 is 17.9 Å². The molecular weight excluding hydrogens is 252 g/mol. The van der Waals surface area contributed by atoms with Gasteiger partial charge in [-0.15, -0.1) is 0 Å². The predicted octanol–water partition coefficient (Wildman–Crippen LogP) is -1.29. The number of urea groups is 1. The number of aliphatic carboxylic acids is 1. The van der Waals surface area contributed by atoms with Gasteiger partial charge in [0.2, 0.25) is 5.91 Å². The number of rotatable bonds is 5. The van der Waals surface area contributed by atoms with Gasteiger partial charge in [0.25, 0.3) is 0 Å². The van der Waals surface area contributed by atoms with Gasteiger partial charge in [-0.25, -0.2) is 9.59 Å². The molecule has 3 amide bonds. The number of nitrogens with two attached hydrogens (primary N) is 1. The third-order valence-electron chi connectivity index (χ3n) is 2.97. The van der Waals surface area contributed by atoms with Crippen molar-refractivity contribution in [1.82, 2.24) is 15.5 Å². The van der Waals surface area contributed by atoms with Crippen LogP contribution in [0.1, 0.15) is 19.3 Å². The summed E-state index contributed by atoms with van der Waals surface area (Å²) in [5.41, 5.74) is 4.93. The highest BCUT2D eigenvalue weighted by molar-refractivity contribution is 5.87. The third kappa shape index (κ3) is 5.56. The van der Waals surface area contributed by atoms with Crippen LogP contribution in [0.4, 0.5) is 4.79 Å². The molecule has 0 aliphatic carbocycles. The van der Waals surface area contributed by atoms with Crippen LogP contribution in [0.15, 0.2) is 0 Å². The van der Waals surface area contributed by atoms with Crippen molar-refractivity contribution in [3.8, 4) is 0 Å². The van der Waals surface area contributed by atoms with Crippen molar-refractivity contribution in [3.63, 3.8) is 0 Å². The minimum Gasteiger partial charge on any atom is -0.480 e. The lowest BCUT2D eigenvalue weighted by atomic mass is 10.1. The lowest BCUT2D eigenvalue weighted by Crippen LogP contribution is -2.53. The third-order valence-corrected chi connectivity index (χ3v) is 2.97. The molecule has 0 aromatic heterocycles. The number of hydrogen-bond acceptors (Lipinski definition) is 4. The molecule has 1 rings (SSSR count). The number of amides is 3. The molecule has 0 saturated carbocycles. The molecule has 0 bridgehead atoms. The van der Waals surface area contributed by atoms with Gasteiger partial charge in [-0.05, 0) is 26.4 Å². The van der Waals surface area contributed by atoms with Crippen LogP contribution < -0.4 is 16.4 Å². The Morgan fingerprint density at radius 3 is 2.68 bits per heavy atom. The smallest absolute Gasteiger partial charge is 0.326 e. The first-order valence-electron chi connectivity index (χ1n) is 6.15. The van der Waals surface area contributed by atoms with Gasteiger partial charge in [0.05, 0.1) is 6.42 Å². The molecule has 108 valence electrons. The molecule has 0 radical (unpaired) electrons. The van der Waals surface area contributed by atoms with Gasteiger partial charge in [0, 0.05) is 12.6 Å². The van der Waals surface area contributed by atoms with E-state index in [9.17, 15) is 14.4 Å². The molecule has 0 aromatic rings. The molecular formula is C11H20N4O4. The molecule has 8 nitrogen and oxygen atoms in total. The number of carbonyl (C=O) groups is 3. The van der Waals surface area contributed by atoms with Gasteiger partial charge < -0.3 is 26.4 Å². The maximum Gasteiger partial charge on any atom is 0.326 e. The van der Waals surface area contributed by atoms with E-state index < -0.39 is 30.4 Å². The van der Waals surface area contributed by atoms with Gasteiger partial charge in [0.1, 0.15) is 6.04 Å². The van der Waals surface area contributed by atoms with Gasteiger partial charge in [0.15, 0.2) is 0 Å². The average Bonchev–Trinajstić information content (AvgIpc) is 2.27. The minimum absolute atomic E-state index is 0.0122. The topological polar surface area (TPSA) is 125 Å². The quantitative estimate of drug-likeness (QED) is 0.495. The minimum atomic E-state index is -1.29. The van der Waals surface area contributed by atoms with Crippen LogP contribution in [0.25, 0.3) is 0 Å². The summed E-state index contributed by atoms with van der Waals surface area (Å²) in [7, 11) is 1.96. The largest absolute Gasteiger partial charge is 0.480 e. The van der Waals surface area contributed by atoms with Crippen LogP contribution in [-0.4, -0.2) is 60.1 Å². The first-order chi connectivity index (χ1) is 8.88. The first kappa shape index (κ1) is 15.2. The number of primary amides is 1. The van der Waals surface area contributed by atoms with Crippen molar-refractivity contribution in [2.24, 2.45) is 5.73 Å². The standard InChI is InChI=1S/C11H20N4O4/c1-15-4-2-3-7(6-15)13-11(19)14-8(10(17)18)5-9(12)16/h7-8H,2-6H2,1H3,(H2,12,16)(H,17,18)(H2,13,14,19)/t7?,8-/m1/s1. The highest BCUT2D eigenvalue weighted by Gasteiger charge is 2.24. The zero-order valence-electron chi connectivity index (χ0n) is 10.9. The van der Waals surface area contributed by atoms with Gasteiger partial charge in [-0.1, -0.05) is 0 Å². The number of carboxylic acids is 1. The molecule has 0 aromatic carbocycles. The van der Waals surface area contributed by atoms with Crippen LogP contribution in [0.2, 0.25) is 0 Å². The molecule has 1 aliphatic heterocycles. The number of likely N-dealkylation sites (N-methyl/N-ethyl adjacent to an activating group) is 1. The van der Waals surface area contributed by atoms with Crippen molar-refractivity contribution in [2.75, 3.05) is 20.1 Å². The van der Waals surface area contributed by atoms with Crippen LogP contribution in [0.5, 0.6) is 0 Å². The van der Waals surface area contributed by atoms with Crippen LogP contribution in [-0.2, 0) is 9.59 Å². The molecule has 1 aliphatic rings. The normalized spacial score (nSPS) is 21.4. The Morgan fingerprint density at radius 1 is 1.47 bits per heavy atom. The van der Waals surface area contributed by atoms with Crippen molar-refractivity contribution < 1.29 is 19.5 Å². The second-order valence-electron chi connectivity index (χ2n) is 4.78. The number of carboxylic acid groups (broad SMARTS) is 1. The Morgan fingerprint density at radius 2 is 2.16 bits per heavy atom. The summed E-state index contributed by atoms with van der Waals surface area (Å²) in [5.74, 6) is -2.06. The molecule has 1 saturated heterocycles. The van der Waals surface area contributed by atoms with E-state index in [1.54, 1.807) is 0 Å². The van der Waals surface area contributed by atoms with Crippen molar-refractivity contribution in [3.05, 3.63) is 0 Å². The number of nitrogens with zero attached hydrogens (tertiary/aromatic N) is 1.